The van der Waals surface area contributed by atoms with Crippen molar-refractivity contribution in [2.45, 2.75) is 26.3 Å². The van der Waals surface area contributed by atoms with Crippen LogP contribution in [0.2, 0.25) is 0 Å². The van der Waals surface area contributed by atoms with Crippen molar-refractivity contribution in [2.75, 3.05) is 23.9 Å². The van der Waals surface area contributed by atoms with Gasteiger partial charge in [-0.25, -0.2) is 4.98 Å². The van der Waals surface area contributed by atoms with Crippen molar-refractivity contribution in [1.82, 2.24) is 9.97 Å². The van der Waals surface area contributed by atoms with Crippen LogP contribution < -0.4 is 15.6 Å². The Balaban J connectivity index is 2.61. The lowest BCUT2D eigenvalue weighted by Gasteiger charge is -2.15. The number of nitrogens with one attached hydrogen (secondary N) is 2. The van der Waals surface area contributed by atoms with Crippen LogP contribution in [0.5, 0.6) is 5.75 Å². The minimum absolute atomic E-state index is 0.238. The molecule has 1 unspecified atom stereocenters. The number of aromatic nitrogens is 2. The molecule has 1 rings (SSSR count). The highest BCUT2D eigenvalue weighted by atomic mass is 32.2. The van der Waals surface area contributed by atoms with Gasteiger partial charge in [0.15, 0.2) is 5.82 Å². The zero-order valence-corrected chi connectivity index (χ0v) is 11.3. The van der Waals surface area contributed by atoms with Gasteiger partial charge in [-0.3, -0.25) is 4.79 Å². The van der Waals surface area contributed by atoms with Gasteiger partial charge in [0.25, 0.3) is 5.56 Å². The van der Waals surface area contributed by atoms with E-state index >= 15 is 0 Å². The van der Waals surface area contributed by atoms with Crippen LogP contribution in [0, 0.1) is 0 Å². The Kier molecular flexibility index (Phi) is 5.90. The molecule has 0 aliphatic carbocycles. The monoisotopic (exact) mass is 257 g/mol. The Bertz CT molecular complexity index is 395. The summed E-state index contributed by atoms with van der Waals surface area (Å²) in [6.07, 6.45) is 2.40. The Hall–Kier alpha value is -1.17. The van der Waals surface area contributed by atoms with Gasteiger partial charge in [-0.1, -0.05) is 6.92 Å². The molecule has 0 aliphatic rings. The highest BCUT2D eigenvalue weighted by molar-refractivity contribution is 7.99. The molecule has 1 heterocycles. The summed E-state index contributed by atoms with van der Waals surface area (Å²) in [6, 6.07) is 0.261. The second-order valence-corrected chi connectivity index (χ2v) is 5.04. The standard InChI is InChI=1S/C11H19N3O2S/c1-4-17-6-5-8(2)14-10-9(16-3)11(15)13-7-12-10/h7-8H,4-6H2,1-3H3,(H2,12,13,14,15). The quantitative estimate of drug-likeness (QED) is 0.728. The second-order valence-electron chi connectivity index (χ2n) is 3.64. The molecule has 2 N–H and O–H groups in total. The molecule has 6 heteroatoms. The summed E-state index contributed by atoms with van der Waals surface area (Å²) in [6.45, 7) is 4.21. The Morgan fingerprint density at radius 2 is 2.41 bits per heavy atom. The predicted octanol–water partition coefficient (Wildman–Crippen LogP) is 1.72. The molecule has 0 aromatic carbocycles. The van der Waals surface area contributed by atoms with Crippen molar-refractivity contribution < 1.29 is 4.74 Å². The van der Waals surface area contributed by atoms with Gasteiger partial charge < -0.3 is 15.0 Å². The largest absolute Gasteiger partial charge is 0.489 e. The average molecular weight is 257 g/mol. The number of thioether (sulfide) groups is 1. The molecule has 0 bridgehead atoms. The first kappa shape index (κ1) is 13.9. The lowest BCUT2D eigenvalue weighted by molar-refractivity contribution is 0.407. The van der Waals surface area contributed by atoms with Gasteiger partial charge in [-0.05, 0) is 24.9 Å². The maximum atomic E-state index is 11.4. The number of hydrogen-bond acceptors (Lipinski definition) is 5. The van der Waals surface area contributed by atoms with E-state index in [-0.39, 0.29) is 17.4 Å². The number of methoxy groups -OCH3 is 1. The van der Waals surface area contributed by atoms with E-state index in [1.165, 1.54) is 13.4 Å². The molecule has 0 fully saturated rings. The summed E-state index contributed by atoms with van der Waals surface area (Å²) < 4.78 is 5.03. The Morgan fingerprint density at radius 3 is 3.06 bits per heavy atom. The first-order chi connectivity index (χ1) is 8.19. The minimum atomic E-state index is -0.264. The molecule has 96 valence electrons. The zero-order chi connectivity index (χ0) is 12.7. The summed E-state index contributed by atoms with van der Waals surface area (Å²) >= 11 is 1.90. The second kappa shape index (κ2) is 7.21. The summed E-state index contributed by atoms with van der Waals surface area (Å²) in [5.74, 6) is 2.96. The number of anilines is 1. The number of hydrogen-bond donors (Lipinski definition) is 2. The molecular weight excluding hydrogens is 238 g/mol. The smallest absolute Gasteiger partial charge is 0.295 e. The Morgan fingerprint density at radius 1 is 1.65 bits per heavy atom. The highest BCUT2D eigenvalue weighted by Gasteiger charge is 2.11. The molecule has 0 radical (unpaired) electrons. The van der Waals surface area contributed by atoms with Gasteiger partial charge in [0.1, 0.15) is 0 Å². The zero-order valence-electron chi connectivity index (χ0n) is 10.4. The van der Waals surface area contributed by atoms with Crippen LogP contribution in [0.15, 0.2) is 11.1 Å². The van der Waals surface area contributed by atoms with Crippen LogP contribution >= 0.6 is 11.8 Å². The number of ether oxygens (including phenoxy) is 1. The van der Waals surface area contributed by atoms with Gasteiger partial charge in [0.05, 0.1) is 13.4 Å². The van der Waals surface area contributed by atoms with E-state index in [0.717, 1.165) is 17.9 Å². The number of rotatable bonds is 7. The molecule has 0 amide bonds. The van der Waals surface area contributed by atoms with Gasteiger partial charge >= 0.3 is 0 Å². The molecule has 0 saturated heterocycles. The lowest BCUT2D eigenvalue weighted by atomic mass is 10.2. The van der Waals surface area contributed by atoms with Crippen LogP contribution in [0.3, 0.4) is 0 Å². The van der Waals surface area contributed by atoms with E-state index in [2.05, 4.69) is 29.1 Å². The van der Waals surface area contributed by atoms with Gasteiger partial charge in [0, 0.05) is 6.04 Å². The topological polar surface area (TPSA) is 67.0 Å². The van der Waals surface area contributed by atoms with E-state index in [4.69, 9.17) is 4.74 Å². The van der Waals surface area contributed by atoms with Gasteiger partial charge in [-0.2, -0.15) is 11.8 Å². The SMILES string of the molecule is CCSCCC(C)Nc1nc[nH]c(=O)c1OC. The van der Waals surface area contributed by atoms with Crippen LogP contribution in [0.1, 0.15) is 20.3 Å². The van der Waals surface area contributed by atoms with E-state index in [1.54, 1.807) is 0 Å². The fourth-order valence-corrected chi connectivity index (χ4v) is 2.20. The van der Waals surface area contributed by atoms with Crippen LogP contribution in [-0.4, -0.2) is 34.6 Å². The number of H-pyrrole nitrogens is 1. The average Bonchev–Trinajstić information content (AvgIpc) is 2.29. The Labute approximate surface area is 105 Å². The summed E-state index contributed by atoms with van der Waals surface area (Å²) in [5.41, 5.74) is -0.264. The highest BCUT2D eigenvalue weighted by Crippen LogP contribution is 2.16. The maximum absolute atomic E-state index is 11.4. The van der Waals surface area contributed by atoms with Gasteiger partial charge in [0.2, 0.25) is 5.75 Å². The molecule has 0 saturated carbocycles. The fourth-order valence-electron chi connectivity index (χ4n) is 1.39. The van der Waals surface area contributed by atoms with Crippen LogP contribution in [-0.2, 0) is 0 Å². The first-order valence-electron chi connectivity index (χ1n) is 5.65. The summed E-state index contributed by atoms with van der Waals surface area (Å²) in [5, 5.41) is 3.19. The van der Waals surface area contributed by atoms with Crippen molar-refractivity contribution in [3.63, 3.8) is 0 Å². The lowest BCUT2D eigenvalue weighted by Crippen LogP contribution is -2.20. The van der Waals surface area contributed by atoms with E-state index < -0.39 is 0 Å². The summed E-state index contributed by atoms with van der Waals surface area (Å²) in [4.78, 5) is 18.0. The van der Waals surface area contributed by atoms with Crippen LogP contribution in [0.4, 0.5) is 5.82 Å². The van der Waals surface area contributed by atoms with E-state index in [0.29, 0.717) is 5.82 Å². The third-order valence-electron chi connectivity index (χ3n) is 2.30. The first-order valence-corrected chi connectivity index (χ1v) is 6.80. The fraction of sp³-hybridized carbons (Fsp3) is 0.636. The molecule has 0 aliphatic heterocycles. The van der Waals surface area contributed by atoms with Crippen molar-refractivity contribution >= 4 is 17.6 Å². The van der Waals surface area contributed by atoms with Crippen LogP contribution in [0.25, 0.3) is 0 Å². The maximum Gasteiger partial charge on any atom is 0.295 e. The third kappa shape index (κ3) is 4.30. The van der Waals surface area contributed by atoms with Gasteiger partial charge in [-0.15, -0.1) is 0 Å². The molecule has 1 aromatic heterocycles. The molecule has 0 spiro atoms. The van der Waals surface area contributed by atoms with Crippen molar-refractivity contribution in [3.05, 3.63) is 16.7 Å². The van der Waals surface area contributed by atoms with E-state index in [9.17, 15) is 4.79 Å². The number of nitrogens with zero attached hydrogens (tertiary/aromatic N) is 1. The van der Waals surface area contributed by atoms with Crippen molar-refractivity contribution in [1.29, 1.82) is 0 Å². The molecule has 1 aromatic rings. The molecule has 5 nitrogen and oxygen atoms in total. The predicted molar refractivity (Wildman–Crippen MR) is 72.1 cm³/mol. The van der Waals surface area contributed by atoms with Crippen molar-refractivity contribution in [2.24, 2.45) is 0 Å². The molecule has 1 atom stereocenters. The normalized spacial score (nSPS) is 12.2. The number of aromatic amines is 1. The third-order valence-corrected chi connectivity index (χ3v) is 3.23. The molecular formula is C11H19N3O2S. The summed E-state index contributed by atoms with van der Waals surface area (Å²) in [7, 11) is 1.47. The van der Waals surface area contributed by atoms with E-state index in [1.807, 2.05) is 11.8 Å². The molecule has 17 heavy (non-hydrogen) atoms. The minimum Gasteiger partial charge on any atom is -0.489 e. The van der Waals surface area contributed by atoms with Crippen molar-refractivity contribution in [3.8, 4) is 5.75 Å².